The van der Waals surface area contributed by atoms with Crippen LogP contribution in [0.25, 0.3) is 0 Å². The number of benzene rings is 2. The largest absolute Gasteiger partial charge is 0.369 e. The van der Waals surface area contributed by atoms with E-state index in [1.807, 2.05) is 0 Å². The van der Waals surface area contributed by atoms with Gasteiger partial charge >= 0.3 is 0 Å². The maximum absolute atomic E-state index is 12.9. The zero-order chi connectivity index (χ0) is 20.6. The third-order valence-corrected chi connectivity index (χ3v) is 5.23. The number of halogens is 1. The molecule has 154 valence electrons. The summed E-state index contributed by atoms with van der Waals surface area (Å²) in [6, 6.07) is 14.0. The molecule has 1 amide bonds. The second-order valence-corrected chi connectivity index (χ2v) is 7.45. The zero-order valence-electron chi connectivity index (χ0n) is 16.9. The lowest BCUT2D eigenvalue weighted by molar-refractivity contribution is -0.121. The van der Waals surface area contributed by atoms with Gasteiger partial charge in [-0.25, -0.2) is 4.39 Å². The highest BCUT2D eigenvalue weighted by Crippen LogP contribution is 2.17. The van der Waals surface area contributed by atoms with Crippen molar-refractivity contribution in [3.05, 3.63) is 65.5 Å². The van der Waals surface area contributed by atoms with Gasteiger partial charge in [0.1, 0.15) is 5.82 Å². The van der Waals surface area contributed by atoms with E-state index >= 15 is 0 Å². The predicted molar refractivity (Wildman–Crippen MR) is 113 cm³/mol. The van der Waals surface area contributed by atoms with E-state index in [9.17, 15) is 14.0 Å². The van der Waals surface area contributed by atoms with Crippen molar-refractivity contribution < 1.29 is 14.0 Å². The Hall–Kier alpha value is -2.73. The van der Waals surface area contributed by atoms with E-state index in [0.717, 1.165) is 32.7 Å². The number of nitrogens with zero attached hydrogens (tertiary/aromatic N) is 2. The summed E-state index contributed by atoms with van der Waals surface area (Å²) in [4.78, 5) is 28.8. The Labute approximate surface area is 171 Å². The van der Waals surface area contributed by atoms with Gasteiger partial charge < -0.3 is 10.2 Å². The van der Waals surface area contributed by atoms with Crippen molar-refractivity contribution in [3.8, 4) is 0 Å². The van der Waals surface area contributed by atoms with E-state index < -0.39 is 0 Å². The molecule has 0 spiro atoms. The van der Waals surface area contributed by atoms with Crippen LogP contribution >= 0.6 is 0 Å². The van der Waals surface area contributed by atoms with Gasteiger partial charge in [0.2, 0.25) is 5.91 Å². The number of rotatable bonds is 8. The van der Waals surface area contributed by atoms with Gasteiger partial charge in [-0.3, -0.25) is 14.5 Å². The second-order valence-electron chi connectivity index (χ2n) is 7.45. The van der Waals surface area contributed by atoms with Crippen molar-refractivity contribution in [2.75, 3.05) is 44.2 Å². The summed E-state index contributed by atoms with van der Waals surface area (Å²) in [5.41, 5.74) is 2.97. The number of carbonyl (C=O) groups is 2. The van der Waals surface area contributed by atoms with E-state index in [0.29, 0.717) is 12.1 Å². The molecule has 29 heavy (non-hydrogen) atoms. The van der Waals surface area contributed by atoms with E-state index in [2.05, 4.69) is 46.3 Å². The molecule has 5 nitrogen and oxygen atoms in total. The third kappa shape index (κ3) is 6.39. The van der Waals surface area contributed by atoms with Gasteiger partial charge in [-0.15, -0.1) is 0 Å². The number of hydrogen-bond donors (Lipinski definition) is 1. The van der Waals surface area contributed by atoms with Gasteiger partial charge in [-0.1, -0.05) is 12.1 Å². The first kappa shape index (κ1) is 21.0. The number of amides is 1. The highest BCUT2D eigenvalue weighted by Gasteiger charge is 2.17. The van der Waals surface area contributed by atoms with Crippen LogP contribution in [-0.4, -0.2) is 55.9 Å². The molecule has 0 saturated carbocycles. The maximum atomic E-state index is 12.9. The quantitative estimate of drug-likeness (QED) is 0.696. The highest BCUT2D eigenvalue weighted by atomic mass is 19.1. The molecule has 6 heteroatoms. The topological polar surface area (TPSA) is 52.6 Å². The lowest BCUT2D eigenvalue weighted by atomic mass is 10.1. The fourth-order valence-electron chi connectivity index (χ4n) is 3.50. The molecular formula is C23H28FN3O2. The summed E-state index contributed by atoms with van der Waals surface area (Å²) >= 11 is 0. The first-order valence-corrected chi connectivity index (χ1v) is 10.1. The number of hydrogen-bond acceptors (Lipinski definition) is 4. The Morgan fingerprint density at radius 3 is 2.41 bits per heavy atom. The minimum Gasteiger partial charge on any atom is -0.369 e. The molecule has 0 atom stereocenters. The van der Waals surface area contributed by atoms with E-state index in [4.69, 9.17) is 0 Å². The molecule has 1 saturated heterocycles. The number of Topliss-reactive ketones (excluding diaryl/α,β-unsaturated/α-hetero) is 1. The summed E-state index contributed by atoms with van der Waals surface area (Å²) in [5, 5.41) is 2.89. The number of piperazine rings is 1. The molecule has 1 N–H and O–H groups in total. The Balaban J connectivity index is 1.31. The molecule has 1 heterocycles. The molecule has 0 radical (unpaired) electrons. The van der Waals surface area contributed by atoms with Gasteiger partial charge in [-0.2, -0.15) is 0 Å². The molecule has 0 aliphatic carbocycles. The standard InChI is InChI=1S/C23H28FN3O2/c1-18-3-2-4-21(17-18)27-15-13-26(14-16-27)12-11-25-23(29)10-9-22(28)19-5-7-20(24)8-6-19/h2-8,17H,9-16H2,1H3,(H,25,29). The zero-order valence-corrected chi connectivity index (χ0v) is 16.9. The Bertz CT molecular complexity index is 830. The van der Waals surface area contributed by atoms with Crippen LogP contribution in [0.4, 0.5) is 10.1 Å². The number of carbonyl (C=O) groups excluding carboxylic acids is 2. The van der Waals surface area contributed by atoms with Crippen LogP contribution in [0.5, 0.6) is 0 Å². The lowest BCUT2D eigenvalue weighted by Gasteiger charge is -2.36. The number of aryl methyl sites for hydroxylation is 1. The molecule has 0 bridgehead atoms. The highest BCUT2D eigenvalue weighted by molar-refractivity contribution is 5.97. The normalized spacial score (nSPS) is 14.6. The van der Waals surface area contributed by atoms with Crippen LogP contribution in [0.3, 0.4) is 0 Å². The Morgan fingerprint density at radius 2 is 1.72 bits per heavy atom. The van der Waals surface area contributed by atoms with Crippen molar-refractivity contribution >= 4 is 17.4 Å². The van der Waals surface area contributed by atoms with E-state index in [-0.39, 0.29) is 30.3 Å². The molecule has 1 fully saturated rings. The molecule has 2 aromatic rings. The summed E-state index contributed by atoms with van der Waals surface area (Å²) < 4.78 is 12.9. The molecule has 0 aromatic heterocycles. The molecular weight excluding hydrogens is 369 g/mol. The van der Waals surface area contributed by atoms with Crippen LogP contribution < -0.4 is 10.2 Å². The monoisotopic (exact) mass is 397 g/mol. The van der Waals surface area contributed by atoms with Crippen molar-refractivity contribution in [3.63, 3.8) is 0 Å². The summed E-state index contributed by atoms with van der Waals surface area (Å²) in [7, 11) is 0. The van der Waals surface area contributed by atoms with Crippen LogP contribution in [0.1, 0.15) is 28.8 Å². The fraction of sp³-hybridized carbons (Fsp3) is 0.391. The van der Waals surface area contributed by atoms with Crippen LogP contribution in [0.2, 0.25) is 0 Å². The lowest BCUT2D eigenvalue weighted by Crippen LogP contribution is -2.48. The number of nitrogens with one attached hydrogen (secondary N) is 1. The van der Waals surface area contributed by atoms with Crippen LogP contribution in [0, 0.1) is 12.7 Å². The van der Waals surface area contributed by atoms with Gasteiger partial charge in [0.25, 0.3) is 0 Å². The van der Waals surface area contributed by atoms with Crippen molar-refractivity contribution in [1.82, 2.24) is 10.2 Å². The second kappa shape index (κ2) is 10.2. The molecule has 0 unspecified atom stereocenters. The summed E-state index contributed by atoms with van der Waals surface area (Å²) in [5.74, 6) is -0.648. The SMILES string of the molecule is Cc1cccc(N2CCN(CCNC(=O)CCC(=O)c3ccc(F)cc3)CC2)c1. The number of anilines is 1. The Morgan fingerprint density at radius 1 is 1.00 bits per heavy atom. The van der Waals surface area contributed by atoms with Gasteiger partial charge in [0, 0.05) is 63.4 Å². The first-order chi connectivity index (χ1) is 14.0. The van der Waals surface area contributed by atoms with Crippen molar-refractivity contribution in [2.24, 2.45) is 0 Å². The maximum Gasteiger partial charge on any atom is 0.220 e. The van der Waals surface area contributed by atoms with Crippen molar-refractivity contribution in [1.29, 1.82) is 0 Å². The Kier molecular flexibility index (Phi) is 7.36. The van der Waals surface area contributed by atoms with E-state index in [1.165, 1.54) is 35.5 Å². The summed E-state index contributed by atoms with van der Waals surface area (Å²) in [6.07, 6.45) is 0.282. The molecule has 2 aromatic carbocycles. The average molecular weight is 397 g/mol. The van der Waals surface area contributed by atoms with Crippen molar-refractivity contribution in [2.45, 2.75) is 19.8 Å². The van der Waals surface area contributed by atoms with Gasteiger partial charge in [-0.05, 0) is 48.9 Å². The van der Waals surface area contributed by atoms with Crippen LogP contribution in [0.15, 0.2) is 48.5 Å². The van der Waals surface area contributed by atoms with Crippen LogP contribution in [-0.2, 0) is 4.79 Å². The molecule has 1 aliphatic rings. The summed E-state index contributed by atoms with van der Waals surface area (Å²) in [6.45, 7) is 7.37. The smallest absolute Gasteiger partial charge is 0.220 e. The first-order valence-electron chi connectivity index (χ1n) is 10.1. The molecule has 3 rings (SSSR count). The third-order valence-electron chi connectivity index (χ3n) is 5.23. The van der Waals surface area contributed by atoms with E-state index in [1.54, 1.807) is 0 Å². The van der Waals surface area contributed by atoms with Gasteiger partial charge in [0.05, 0.1) is 0 Å². The minimum absolute atomic E-state index is 0.126. The van der Waals surface area contributed by atoms with Gasteiger partial charge in [0.15, 0.2) is 5.78 Å². The molecule has 1 aliphatic heterocycles. The number of ketones is 1. The fourth-order valence-corrected chi connectivity index (χ4v) is 3.50. The minimum atomic E-state index is -0.376. The average Bonchev–Trinajstić information content (AvgIpc) is 2.73. The predicted octanol–water partition coefficient (Wildman–Crippen LogP) is 3.04.